The maximum absolute atomic E-state index is 10.7. The third-order valence-corrected chi connectivity index (χ3v) is 1.47. The minimum Gasteiger partial charge on any atom is -0.388 e. The van der Waals surface area contributed by atoms with Crippen LogP contribution in [-0.2, 0) is 4.79 Å². The molecule has 0 aromatic heterocycles. The Morgan fingerprint density at radius 2 is 2.50 bits per heavy atom. The zero-order chi connectivity index (χ0) is 7.56. The maximum Gasteiger partial charge on any atom is 0.158 e. The lowest BCUT2D eigenvalue weighted by Gasteiger charge is -1.99. The number of aliphatic hydroxyl groups excluding tert-OH is 1. The predicted molar refractivity (Wildman–Crippen MR) is 38.5 cm³/mol. The molecule has 0 spiro atoms. The van der Waals surface area contributed by atoms with Crippen molar-refractivity contribution < 1.29 is 9.90 Å². The van der Waals surface area contributed by atoms with Crippen molar-refractivity contribution in [1.29, 1.82) is 0 Å². The van der Waals surface area contributed by atoms with Crippen LogP contribution >= 0.6 is 0 Å². The number of hydrogen-bond donors (Lipinski definition) is 1. The molecule has 2 heteroatoms. The fourth-order valence-electron chi connectivity index (χ4n) is 1.00. The molecule has 0 heterocycles. The molecule has 54 valence electrons. The van der Waals surface area contributed by atoms with Gasteiger partial charge in [0.15, 0.2) is 5.78 Å². The summed E-state index contributed by atoms with van der Waals surface area (Å²) in [5, 5.41) is 9.15. The monoisotopic (exact) mass is 138 g/mol. The van der Waals surface area contributed by atoms with Crippen molar-refractivity contribution >= 4 is 5.78 Å². The van der Waals surface area contributed by atoms with Crippen LogP contribution in [-0.4, -0.2) is 17.0 Å². The lowest BCUT2D eigenvalue weighted by molar-refractivity contribution is -0.114. The first-order valence-electron chi connectivity index (χ1n) is 3.29. The van der Waals surface area contributed by atoms with Gasteiger partial charge in [-0.05, 0) is 18.6 Å². The van der Waals surface area contributed by atoms with Gasteiger partial charge in [0.25, 0.3) is 0 Å². The smallest absolute Gasteiger partial charge is 0.158 e. The molecule has 1 rings (SSSR count). The molecule has 0 aromatic rings. The zero-order valence-electron chi connectivity index (χ0n) is 5.87. The zero-order valence-corrected chi connectivity index (χ0v) is 5.87. The summed E-state index contributed by atoms with van der Waals surface area (Å²) in [5.41, 5.74) is 0.729. The van der Waals surface area contributed by atoms with Gasteiger partial charge in [0, 0.05) is 6.42 Å². The molecule has 1 aliphatic rings. The van der Waals surface area contributed by atoms with Crippen molar-refractivity contribution in [2.24, 2.45) is 0 Å². The van der Waals surface area contributed by atoms with Crippen molar-refractivity contribution in [2.45, 2.75) is 19.4 Å². The largest absolute Gasteiger partial charge is 0.388 e. The van der Waals surface area contributed by atoms with E-state index in [4.69, 9.17) is 5.11 Å². The minimum absolute atomic E-state index is 0.0144. The van der Waals surface area contributed by atoms with E-state index in [-0.39, 0.29) is 12.2 Å². The molecule has 0 unspecified atom stereocenters. The average molecular weight is 138 g/mol. The van der Waals surface area contributed by atoms with Crippen LogP contribution in [0.4, 0.5) is 0 Å². The molecule has 0 amide bonds. The van der Waals surface area contributed by atoms with E-state index in [1.807, 2.05) is 13.0 Å². The van der Waals surface area contributed by atoms with E-state index >= 15 is 0 Å². The predicted octanol–water partition coefficient (Wildman–Crippen LogP) is 0.823. The second-order valence-electron chi connectivity index (χ2n) is 2.33. The van der Waals surface area contributed by atoms with E-state index in [0.29, 0.717) is 0 Å². The van der Waals surface area contributed by atoms with Gasteiger partial charge in [0.2, 0.25) is 0 Å². The Bertz CT molecular complexity index is 201. The van der Waals surface area contributed by atoms with Crippen molar-refractivity contribution in [3.05, 3.63) is 23.8 Å². The number of hydrogen-bond acceptors (Lipinski definition) is 2. The van der Waals surface area contributed by atoms with Crippen LogP contribution in [0.15, 0.2) is 23.8 Å². The Balaban J connectivity index is 2.75. The summed E-state index contributed by atoms with van der Waals surface area (Å²) in [7, 11) is 0. The van der Waals surface area contributed by atoms with E-state index in [1.165, 1.54) is 6.08 Å². The van der Waals surface area contributed by atoms with Crippen LogP contribution in [0.25, 0.3) is 0 Å². The molecule has 1 atom stereocenters. The fraction of sp³-hybridized carbons (Fsp3) is 0.375. The van der Waals surface area contributed by atoms with E-state index in [9.17, 15) is 4.79 Å². The van der Waals surface area contributed by atoms with Crippen molar-refractivity contribution in [3.63, 3.8) is 0 Å². The summed E-state index contributed by atoms with van der Waals surface area (Å²) in [6, 6.07) is 0. The Kier molecular flexibility index (Phi) is 2.02. The Labute approximate surface area is 59.9 Å². The molecule has 1 aliphatic carbocycles. The van der Waals surface area contributed by atoms with Crippen LogP contribution in [0.3, 0.4) is 0 Å². The molecule has 0 saturated carbocycles. The van der Waals surface area contributed by atoms with Gasteiger partial charge in [0.1, 0.15) is 0 Å². The van der Waals surface area contributed by atoms with Gasteiger partial charge in [0.05, 0.1) is 6.10 Å². The van der Waals surface area contributed by atoms with Crippen LogP contribution in [0, 0.1) is 0 Å². The highest BCUT2D eigenvalue weighted by atomic mass is 16.3. The highest BCUT2D eigenvalue weighted by molar-refractivity contribution is 5.94. The molecule has 2 nitrogen and oxygen atoms in total. The lowest BCUT2D eigenvalue weighted by atomic mass is 10.2. The molecular weight excluding hydrogens is 128 g/mol. The average Bonchev–Trinajstić information content (AvgIpc) is 2.13. The molecule has 0 saturated heterocycles. The number of allylic oxidation sites excluding steroid dienone is 2. The Morgan fingerprint density at radius 3 is 2.90 bits per heavy atom. The van der Waals surface area contributed by atoms with Crippen LogP contribution in [0.2, 0.25) is 0 Å². The van der Waals surface area contributed by atoms with E-state index in [0.717, 1.165) is 5.57 Å². The molecule has 10 heavy (non-hydrogen) atoms. The van der Waals surface area contributed by atoms with Gasteiger partial charge in [-0.1, -0.05) is 12.2 Å². The third-order valence-electron chi connectivity index (χ3n) is 1.47. The molecule has 1 N–H and O–H groups in total. The van der Waals surface area contributed by atoms with Gasteiger partial charge < -0.3 is 5.11 Å². The summed E-state index contributed by atoms with van der Waals surface area (Å²) in [6.45, 7) is 1.86. The van der Waals surface area contributed by atoms with Crippen LogP contribution < -0.4 is 0 Å². The summed E-state index contributed by atoms with van der Waals surface area (Å²) in [5.74, 6) is 0.0144. The lowest BCUT2D eigenvalue weighted by Crippen LogP contribution is -2.04. The van der Waals surface area contributed by atoms with Crippen molar-refractivity contribution in [2.75, 3.05) is 0 Å². The second-order valence-corrected chi connectivity index (χ2v) is 2.33. The minimum atomic E-state index is -0.566. The molecule has 0 fully saturated rings. The fourth-order valence-corrected chi connectivity index (χ4v) is 1.00. The summed E-state index contributed by atoms with van der Waals surface area (Å²) >= 11 is 0. The Hall–Kier alpha value is -0.890. The standard InChI is InChI=1S/C8H10O2/c1-2-3-6-4-7(9)5-8(6)10/h2-4,8,10H,5H2,1H3/b3-2+/t8-/m0/s1. The van der Waals surface area contributed by atoms with Gasteiger partial charge in [-0.15, -0.1) is 0 Å². The highest BCUT2D eigenvalue weighted by Gasteiger charge is 2.19. The van der Waals surface area contributed by atoms with Gasteiger partial charge in [-0.2, -0.15) is 0 Å². The number of ketones is 1. The van der Waals surface area contributed by atoms with E-state index in [2.05, 4.69) is 0 Å². The van der Waals surface area contributed by atoms with Gasteiger partial charge in [-0.3, -0.25) is 4.79 Å². The highest BCUT2D eigenvalue weighted by Crippen LogP contribution is 2.16. The molecule has 0 aliphatic heterocycles. The summed E-state index contributed by atoms with van der Waals surface area (Å²) in [6.07, 6.45) is 4.75. The quantitative estimate of drug-likeness (QED) is 0.582. The SMILES string of the molecule is C/C=C/C1=CC(=O)C[C@@H]1O. The first kappa shape index (κ1) is 7.22. The van der Waals surface area contributed by atoms with Crippen molar-refractivity contribution in [3.8, 4) is 0 Å². The summed E-state index contributed by atoms with van der Waals surface area (Å²) in [4.78, 5) is 10.7. The van der Waals surface area contributed by atoms with Gasteiger partial charge >= 0.3 is 0 Å². The van der Waals surface area contributed by atoms with E-state index < -0.39 is 6.10 Å². The molecule has 0 aromatic carbocycles. The number of aliphatic hydroxyl groups is 1. The normalized spacial score (nSPS) is 26.0. The van der Waals surface area contributed by atoms with Crippen molar-refractivity contribution in [1.82, 2.24) is 0 Å². The topological polar surface area (TPSA) is 37.3 Å². The van der Waals surface area contributed by atoms with E-state index in [1.54, 1.807) is 6.08 Å². The molecule has 0 bridgehead atoms. The number of carbonyl (C=O) groups excluding carboxylic acids is 1. The summed E-state index contributed by atoms with van der Waals surface area (Å²) < 4.78 is 0. The van der Waals surface area contributed by atoms with Crippen LogP contribution in [0.1, 0.15) is 13.3 Å². The second kappa shape index (κ2) is 2.80. The Morgan fingerprint density at radius 1 is 1.80 bits per heavy atom. The van der Waals surface area contributed by atoms with Gasteiger partial charge in [-0.25, -0.2) is 0 Å². The third kappa shape index (κ3) is 1.33. The first-order valence-corrected chi connectivity index (χ1v) is 3.29. The first-order chi connectivity index (χ1) is 4.74. The molecule has 0 radical (unpaired) electrons. The maximum atomic E-state index is 10.7. The number of carbonyl (C=O) groups is 1. The number of rotatable bonds is 1. The van der Waals surface area contributed by atoms with Crippen LogP contribution in [0.5, 0.6) is 0 Å². The molecular formula is C8H10O2.